The highest BCUT2D eigenvalue weighted by Crippen LogP contribution is 2.34. The van der Waals surface area contributed by atoms with Gasteiger partial charge in [0, 0.05) is 5.56 Å². The maximum atomic E-state index is 10.5. The number of unbranched alkanes of at least 4 members (excludes halogenated alkanes) is 2. The molecule has 32 heavy (non-hydrogen) atoms. The second-order valence-electron chi connectivity index (χ2n) is 8.16. The molecule has 174 valence electrons. The zero-order valence-electron chi connectivity index (χ0n) is 20.2. The first kappa shape index (κ1) is 25.4. The van der Waals surface area contributed by atoms with E-state index in [1.54, 1.807) is 7.11 Å². The Morgan fingerprint density at radius 3 is 2.09 bits per heavy atom. The van der Waals surface area contributed by atoms with Crippen LogP contribution in [0.4, 0.5) is 0 Å². The van der Waals surface area contributed by atoms with Crippen molar-refractivity contribution in [1.29, 1.82) is 0 Å². The van der Waals surface area contributed by atoms with Gasteiger partial charge in [0.1, 0.15) is 0 Å². The van der Waals surface area contributed by atoms with Crippen LogP contribution in [0, 0.1) is 0 Å². The van der Waals surface area contributed by atoms with Crippen LogP contribution in [0.3, 0.4) is 0 Å². The number of benzene rings is 2. The van der Waals surface area contributed by atoms with E-state index in [1.807, 2.05) is 56.3 Å². The molecule has 0 saturated carbocycles. The quantitative estimate of drug-likeness (QED) is 0.201. The number of ether oxygens (including phenoxy) is 3. The number of hydrogen-bond acceptors (Lipinski definition) is 4. The summed E-state index contributed by atoms with van der Waals surface area (Å²) in [6.07, 6.45) is 11.0. The van der Waals surface area contributed by atoms with Gasteiger partial charge in [0.15, 0.2) is 23.0 Å². The molecular weight excluding hydrogens is 400 g/mol. The molecule has 4 nitrogen and oxygen atoms in total. The molecule has 2 aromatic rings. The molecule has 0 amide bonds. The molecule has 0 saturated heterocycles. The lowest BCUT2D eigenvalue weighted by Gasteiger charge is -2.13. The van der Waals surface area contributed by atoms with Gasteiger partial charge in [-0.25, -0.2) is 0 Å². The number of rotatable bonds is 13. The maximum absolute atomic E-state index is 10.5. The molecule has 0 heterocycles. The summed E-state index contributed by atoms with van der Waals surface area (Å²) in [5, 5.41) is 10.5. The minimum atomic E-state index is 0.197. The van der Waals surface area contributed by atoms with Crippen LogP contribution in [0.15, 0.2) is 42.0 Å². The Hall–Kier alpha value is -2.88. The fraction of sp³-hybridized carbons (Fsp3) is 0.429. The molecule has 0 spiro atoms. The zero-order valence-corrected chi connectivity index (χ0v) is 20.2. The van der Waals surface area contributed by atoms with Crippen LogP contribution in [0.1, 0.15) is 70.1 Å². The second kappa shape index (κ2) is 13.5. The van der Waals surface area contributed by atoms with Crippen LogP contribution >= 0.6 is 0 Å². The highest BCUT2D eigenvalue weighted by atomic mass is 16.5. The lowest BCUT2D eigenvalue weighted by Crippen LogP contribution is -2.02. The molecule has 0 aliphatic rings. The lowest BCUT2D eigenvalue weighted by molar-refractivity contribution is 0.262. The van der Waals surface area contributed by atoms with Gasteiger partial charge in [-0.1, -0.05) is 56.6 Å². The Balaban J connectivity index is 2.27. The van der Waals surface area contributed by atoms with E-state index < -0.39 is 0 Å². The third-order valence-corrected chi connectivity index (χ3v) is 5.07. The van der Waals surface area contributed by atoms with E-state index in [2.05, 4.69) is 19.9 Å². The molecule has 0 bridgehead atoms. The van der Waals surface area contributed by atoms with Crippen molar-refractivity contribution in [2.45, 2.75) is 59.8 Å². The fourth-order valence-corrected chi connectivity index (χ4v) is 3.12. The molecule has 0 fully saturated rings. The molecule has 2 aromatic carbocycles. The van der Waals surface area contributed by atoms with E-state index in [9.17, 15) is 5.11 Å². The third kappa shape index (κ3) is 7.99. The summed E-state index contributed by atoms with van der Waals surface area (Å²) in [7, 11) is 1.57. The summed E-state index contributed by atoms with van der Waals surface area (Å²) in [6.45, 7) is 9.77. The minimum Gasteiger partial charge on any atom is -0.504 e. The number of aromatic hydroxyl groups is 1. The van der Waals surface area contributed by atoms with Gasteiger partial charge in [-0.3, -0.25) is 0 Å². The predicted molar refractivity (Wildman–Crippen MR) is 134 cm³/mol. The van der Waals surface area contributed by atoms with Crippen LogP contribution in [0.5, 0.6) is 23.0 Å². The topological polar surface area (TPSA) is 47.9 Å². The summed E-state index contributed by atoms with van der Waals surface area (Å²) in [6, 6.07) is 9.88. The molecule has 0 unspecified atom stereocenters. The van der Waals surface area contributed by atoms with Crippen molar-refractivity contribution in [1.82, 2.24) is 0 Å². The average molecular weight is 439 g/mol. The van der Waals surface area contributed by atoms with Gasteiger partial charge in [0.25, 0.3) is 0 Å². The maximum Gasteiger partial charge on any atom is 0.161 e. The number of allylic oxidation sites excluding steroid dienone is 2. The summed E-state index contributed by atoms with van der Waals surface area (Å²) in [5.74, 6) is 2.25. The third-order valence-electron chi connectivity index (χ3n) is 5.07. The summed E-state index contributed by atoms with van der Waals surface area (Å²) >= 11 is 0. The molecule has 4 heteroatoms. The molecule has 0 atom stereocenters. The highest BCUT2D eigenvalue weighted by Gasteiger charge is 2.10. The molecule has 2 rings (SSSR count). The van der Waals surface area contributed by atoms with E-state index >= 15 is 0 Å². The number of phenolic OH excluding ortho intramolecular Hbond substituents is 1. The van der Waals surface area contributed by atoms with Crippen LogP contribution in [-0.2, 0) is 6.42 Å². The summed E-state index contributed by atoms with van der Waals surface area (Å²) in [5.41, 5.74) is 4.04. The SMILES string of the molecule is CCCCOc1ccc(/C=C/c2cc(CC=C(C)C)c(O)c(OC)c2)cc1OCCCC. The standard InChI is InChI=1S/C28H38O4/c1-6-8-16-31-25-15-13-22(19-26(25)32-17-9-7-2)11-12-23-18-24(14-10-21(3)4)28(29)27(20-23)30-5/h10-13,15,18-20,29H,6-9,14,16-17H2,1-5H3/b12-11+. The largest absolute Gasteiger partial charge is 0.504 e. The van der Waals surface area contributed by atoms with Crippen LogP contribution in [0.25, 0.3) is 12.2 Å². The lowest BCUT2D eigenvalue weighted by atomic mass is 10.0. The normalized spacial score (nSPS) is 10.9. The van der Waals surface area contributed by atoms with E-state index in [-0.39, 0.29) is 5.75 Å². The van der Waals surface area contributed by atoms with Crippen LogP contribution < -0.4 is 14.2 Å². The molecule has 0 aliphatic carbocycles. The number of phenols is 1. The molecular formula is C28H38O4. The van der Waals surface area contributed by atoms with E-state index in [0.29, 0.717) is 25.4 Å². The predicted octanol–water partition coefficient (Wildman–Crippen LogP) is 7.44. The van der Waals surface area contributed by atoms with E-state index in [1.165, 1.54) is 5.57 Å². The Kier molecular flexibility index (Phi) is 10.7. The Morgan fingerprint density at radius 2 is 1.47 bits per heavy atom. The van der Waals surface area contributed by atoms with Gasteiger partial charge < -0.3 is 19.3 Å². The van der Waals surface area contributed by atoms with E-state index in [4.69, 9.17) is 14.2 Å². The van der Waals surface area contributed by atoms with Crippen molar-refractivity contribution >= 4 is 12.2 Å². The van der Waals surface area contributed by atoms with Crippen molar-refractivity contribution in [2.24, 2.45) is 0 Å². The zero-order chi connectivity index (χ0) is 23.3. The monoisotopic (exact) mass is 438 g/mol. The Labute approximate surface area is 193 Å². The van der Waals surface area contributed by atoms with Gasteiger partial charge in [-0.05, 0) is 68.5 Å². The number of methoxy groups -OCH3 is 1. The van der Waals surface area contributed by atoms with Crippen molar-refractivity contribution in [3.05, 3.63) is 58.7 Å². The smallest absolute Gasteiger partial charge is 0.161 e. The first-order valence-corrected chi connectivity index (χ1v) is 11.6. The van der Waals surface area contributed by atoms with Crippen molar-refractivity contribution < 1.29 is 19.3 Å². The van der Waals surface area contributed by atoms with E-state index in [0.717, 1.165) is 53.9 Å². The van der Waals surface area contributed by atoms with Gasteiger partial charge in [0.2, 0.25) is 0 Å². The van der Waals surface area contributed by atoms with Gasteiger partial charge >= 0.3 is 0 Å². The second-order valence-corrected chi connectivity index (χ2v) is 8.16. The Morgan fingerprint density at radius 1 is 0.844 bits per heavy atom. The Bertz CT molecular complexity index is 908. The average Bonchev–Trinajstić information content (AvgIpc) is 2.78. The molecule has 0 radical (unpaired) electrons. The van der Waals surface area contributed by atoms with Crippen LogP contribution in [0.2, 0.25) is 0 Å². The fourth-order valence-electron chi connectivity index (χ4n) is 3.12. The summed E-state index contributed by atoms with van der Waals surface area (Å²) in [4.78, 5) is 0. The molecule has 0 aliphatic heterocycles. The first-order chi connectivity index (χ1) is 15.5. The minimum absolute atomic E-state index is 0.197. The molecule has 0 aromatic heterocycles. The van der Waals surface area contributed by atoms with Gasteiger partial charge in [-0.15, -0.1) is 0 Å². The van der Waals surface area contributed by atoms with Gasteiger partial charge in [0.05, 0.1) is 20.3 Å². The number of hydrogen-bond donors (Lipinski definition) is 1. The van der Waals surface area contributed by atoms with Crippen molar-refractivity contribution in [2.75, 3.05) is 20.3 Å². The highest BCUT2D eigenvalue weighted by molar-refractivity contribution is 5.73. The van der Waals surface area contributed by atoms with Crippen LogP contribution in [-0.4, -0.2) is 25.4 Å². The van der Waals surface area contributed by atoms with Crippen molar-refractivity contribution in [3.8, 4) is 23.0 Å². The van der Waals surface area contributed by atoms with Crippen molar-refractivity contribution in [3.63, 3.8) is 0 Å². The molecule has 1 N–H and O–H groups in total. The van der Waals surface area contributed by atoms with Gasteiger partial charge in [-0.2, -0.15) is 0 Å². The first-order valence-electron chi connectivity index (χ1n) is 11.6. The summed E-state index contributed by atoms with van der Waals surface area (Å²) < 4.78 is 17.3.